The van der Waals surface area contributed by atoms with E-state index in [-0.39, 0.29) is 11.7 Å². The molecule has 1 fully saturated rings. The molecule has 1 aliphatic heterocycles. The van der Waals surface area contributed by atoms with E-state index in [0.717, 1.165) is 22.0 Å². The zero-order valence-corrected chi connectivity index (χ0v) is 14.9. The number of nitrogens with one attached hydrogen (secondary N) is 1. The zero-order valence-electron chi connectivity index (χ0n) is 14.9. The lowest BCUT2D eigenvalue weighted by molar-refractivity contribution is 0.0749. The number of hydrogen-bond acceptors (Lipinski definition) is 3. The van der Waals surface area contributed by atoms with Crippen molar-refractivity contribution in [3.63, 3.8) is 0 Å². The summed E-state index contributed by atoms with van der Waals surface area (Å²) in [4.78, 5) is 17.1. The molecular weight excluding hydrogens is 341 g/mol. The van der Waals surface area contributed by atoms with E-state index in [0.29, 0.717) is 31.7 Å². The number of carbonyl (C=O) groups is 1. The van der Waals surface area contributed by atoms with Crippen LogP contribution in [0.1, 0.15) is 15.9 Å². The van der Waals surface area contributed by atoms with Crippen molar-refractivity contribution in [1.82, 2.24) is 4.90 Å². The van der Waals surface area contributed by atoms with Crippen molar-refractivity contribution in [3.8, 4) is 0 Å². The average Bonchev–Trinajstić information content (AvgIpc) is 2.73. The average molecular weight is 361 g/mol. The highest BCUT2D eigenvalue weighted by molar-refractivity contribution is 6.11. The molecule has 0 aliphatic carbocycles. The number of halogens is 1. The van der Waals surface area contributed by atoms with Gasteiger partial charge in [0, 0.05) is 43.6 Å². The standard InChI is InChI=1S/C22H20FN3O/c23-17-6-8-18(9-7-17)25-11-13-26(14-12-25)22(27)21-10-5-16(15-24)19-3-1-2-4-20(19)21/h1-10,15,24H,11-14H2. The first-order valence-electron chi connectivity index (χ1n) is 8.99. The number of rotatable bonds is 3. The van der Waals surface area contributed by atoms with Gasteiger partial charge in [-0.15, -0.1) is 0 Å². The molecule has 1 heterocycles. The van der Waals surface area contributed by atoms with Gasteiger partial charge in [-0.25, -0.2) is 4.39 Å². The highest BCUT2D eigenvalue weighted by Crippen LogP contribution is 2.24. The minimum Gasteiger partial charge on any atom is -0.368 e. The molecule has 4 rings (SSSR count). The van der Waals surface area contributed by atoms with E-state index in [2.05, 4.69) is 4.90 Å². The van der Waals surface area contributed by atoms with Gasteiger partial charge in [0.15, 0.2) is 0 Å². The van der Waals surface area contributed by atoms with Gasteiger partial charge in [0.05, 0.1) is 0 Å². The third-order valence-corrected chi connectivity index (χ3v) is 5.10. The Balaban J connectivity index is 1.54. The van der Waals surface area contributed by atoms with E-state index in [1.807, 2.05) is 41.3 Å². The highest BCUT2D eigenvalue weighted by atomic mass is 19.1. The molecule has 0 radical (unpaired) electrons. The number of piperazine rings is 1. The first-order valence-corrected chi connectivity index (χ1v) is 8.99. The van der Waals surface area contributed by atoms with E-state index in [1.165, 1.54) is 18.3 Å². The maximum atomic E-state index is 13.1. The Morgan fingerprint density at radius 2 is 1.56 bits per heavy atom. The normalized spacial score (nSPS) is 14.4. The van der Waals surface area contributed by atoms with Crippen molar-refractivity contribution in [3.05, 3.63) is 77.6 Å². The van der Waals surface area contributed by atoms with Crippen molar-refractivity contribution < 1.29 is 9.18 Å². The van der Waals surface area contributed by atoms with E-state index in [9.17, 15) is 9.18 Å². The fourth-order valence-electron chi connectivity index (χ4n) is 3.62. The molecular formula is C22H20FN3O. The number of nitrogens with zero attached hydrogens (tertiary/aromatic N) is 2. The second-order valence-electron chi connectivity index (χ2n) is 6.65. The number of benzene rings is 3. The summed E-state index contributed by atoms with van der Waals surface area (Å²) in [7, 11) is 0. The van der Waals surface area contributed by atoms with Gasteiger partial charge in [-0.3, -0.25) is 4.79 Å². The fourth-order valence-corrected chi connectivity index (χ4v) is 3.62. The molecule has 1 amide bonds. The molecule has 136 valence electrons. The first kappa shape index (κ1) is 17.2. The highest BCUT2D eigenvalue weighted by Gasteiger charge is 2.23. The van der Waals surface area contributed by atoms with E-state index in [1.54, 1.807) is 12.1 Å². The predicted octanol–water partition coefficient (Wildman–Crippen LogP) is 3.94. The van der Waals surface area contributed by atoms with Crippen molar-refractivity contribution in [2.24, 2.45) is 0 Å². The number of fused-ring (bicyclic) bond motifs is 1. The third kappa shape index (κ3) is 3.28. The quantitative estimate of drug-likeness (QED) is 0.719. The van der Waals surface area contributed by atoms with Crippen LogP contribution in [0.15, 0.2) is 60.7 Å². The predicted molar refractivity (Wildman–Crippen MR) is 106 cm³/mol. The molecule has 0 atom stereocenters. The summed E-state index contributed by atoms with van der Waals surface area (Å²) in [6, 6.07) is 17.8. The molecule has 27 heavy (non-hydrogen) atoms. The largest absolute Gasteiger partial charge is 0.368 e. The molecule has 0 spiro atoms. The summed E-state index contributed by atoms with van der Waals surface area (Å²) >= 11 is 0. The van der Waals surface area contributed by atoms with Crippen LogP contribution >= 0.6 is 0 Å². The lowest BCUT2D eigenvalue weighted by atomic mass is 9.99. The van der Waals surface area contributed by atoms with Crippen LogP contribution in [0.4, 0.5) is 10.1 Å². The molecule has 0 aromatic heterocycles. The minimum absolute atomic E-state index is 0.0153. The molecule has 1 saturated heterocycles. The number of amides is 1. The Hall–Kier alpha value is -3.21. The zero-order chi connectivity index (χ0) is 18.8. The van der Waals surface area contributed by atoms with Gasteiger partial charge >= 0.3 is 0 Å². The number of carbonyl (C=O) groups excluding carboxylic acids is 1. The molecule has 4 nitrogen and oxygen atoms in total. The van der Waals surface area contributed by atoms with Crippen LogP contribution in [0.5, 0.6) is 0 Å². The topological polar surface area (TPSA) is 47.4 Å². The van der Waals surface area contributed by atoms with Crippen molar-refractivity contribution in [2.45, 2.75) is 0 Å². The van der Waals surface area contributed by atoms with Gasteiger partial charge in [-0.05, 0) is 46.7 Å². The van der Waals surface area contributed by atoms with Crippen molar-refractivity contribution in [2.75, 3.05) is 31.1 Å². The van der Waals surface area contributed by atoms with Crippen LogP contribution < -0.4 is 4.90 Å². The van der Waals surface area contributed by atoms with Gasteiger partial charge in [0.1, 0.15) is 5.82 Å². The van der Waals surface area contributed by atoms with Crippen LogP contribution in [0.3, 0.4) is 0 Å². The second kappa shape index (κ2) is 7.19. The Morgan fingerprint density at radius 3 is 2.22 bits per heavy atom. The fraction of sp³-hybridized carbons (Fsp3) is 0.182. The molecule has 1 N–H and O–H groups in total. The summed E-state index contributed by atoms with van der Waals surface area (Å²) < 4.78 is 13.1. The van der Waals surface area contributed by atoms with E-state index in [4.69, 9.17) is 5.41 Å². The maximum absolute atomic E-state index is 13.1. The molecule has 0 bridgehead atoms. The third-order valence-electron chi connectivity index (χ3n) is 5.10. The molecule has 3 aromatic carbocycles. The van der Waals surface area contributed by atoms with Gasteiger partial charge in [-0.1, -0.05) is 30.3 Å². The van der Waals surface area contributed by atoms with Gasteiger partial charge in [0.2, 0.25) is 0 Å². The second-order valence-corrected chi connectivity index (χ2v) is 6.65. The van der Waals surface area contributed by atoms with Gasteiger partial charge in [-0.2, -0.15) is 0 Å². The minimum atomic E-state index is -0.243. The van der Waals surface area contributed by atoms with Crippen LogP contribution in [0.2, 0.25) is 0 Å². The molecule has 0 saturated carbocycles. The van der Waals surface area contributed by atoms with Crippen LogP contribution in [-0.2, 0) is 0 Å². The summed E-state index contributed by atoms with van der Waals surface area (Å²) in [5, 5.41) is 9.37. The lowest BCUT2D eigenvalue weighted by Crippen LogP contribution is -2.48. The van der Waals surface area contributed by atoms with Crippen LogP contribution in [0.25, 0.3) is 10.8 Å². The summed E-state index contributed by atoms with van der Waals surface area (Å²) in [6.07, 6.45) is 1.32. The van der Waals surface area contributed by atoms with Crippen LogP contribution in [0, 0.1) is 11.2 Å². The lowest BCUT2D eigenvalue weighted by Gasteiger charge is -2.36. The van der Waals surface area contributed by atoms with Crippen LogP contribution in [-0.4, -0.2) is 43.2 Å². The molecule has 0 unspecified atom stereocenters. The Labute approximate surface area is 157 Å². The Kier molecular flexibility index (Phi) is 4.59. The van der Waals surface area contributed by atoms with E-state index >= 15 is 0 Å². The maximum Gasteiger partial charge on any atom is 0.254 e. The smallest absolute Gasteiger partial charge is 0.254 e. The monoisotopic (exact) mass is 361 g/mol. The summed E-state index contributed by atoms with van der Waals surface area (Å²) in [5.74, 6) is -0.228. The number of hydrogen-bond donors (Lipinski definition) is 1. The Bertz CT molecular complexity index is 992. The van der Waals surface area contributed by atoms with Gasteiger partial charge < -0.3 is 15.2 Å². The van der Waals surface area contributed by atoms with E-state index < -0.39 is 0 Å². The molecule has 5 heteroatoms. The Morgan fingerprint density at radius 1 is 0.889 bits per heavy atom. The molecule has 1 aliphatic rings. The first-order chi connectivity index (χ1) is 13.2. The summed E-state index contributed by atoms with van der Waals surface area (Å²) in [5.41, 5.74) is 2.46. The SMILES string of the molecule is N=Cc1ccc(C(=O)N2CCN(c3ccc(F)cc3)CC2)c2ccccc12. The number of anilines is 1. The van der Waals surface area contributed by atoms with Crippen molar-refractivity contribution in [1.29, 1.82) is 5.41 Å². The molecule has 3 aromatic rings. The van der Waals surface area contributed by atoms with Gasteiger partial charge in [0.25, 0.3) is 5.91 Å². The van der Waals surface area contributed by atoms with Crippen molar-refractivity contribution >= 4 is 28.6 Å². The summed E-state index contributed by atoms with van der Waals surface area (Å²) in [6.45, 7) is 2.68.